The van der Waals surface area contributed by atoms with Gasteiger partial charge in [-0.2, -0.15) is 0 Å². The van der Waals surface area contributed by atoms with Gasteiger partial charge in [-0.3, -0.25) is 0 Å². The molecule has 2 unspecified atom stereocenters. The van der Waals surface area contributed by atoms with E-state index >= 15 is 0 Å². The maximum Gasteiger partial charge on any atom is 0.122 e. The fourth-order valence-corrected chi connectivity index (χ4v) is 2.84. The molecule has 0 bridgehead atoms. The topological polar surface area (TPSA) is 21.3 Å². The van der Waals surface area contributed by atoms with Gasteiger partial charge in [0.1, 0.15) is 5.75 Å². The van der Waals surface area contributed by atoms with Crippen LogP contribution < -0.4 is 10.1 Å². The molecule has 2 rings (SSSR count). The second kappa shape index (κ2) is 6.06. The van der Waals surface area contributed by atoms with Crippen molar-refractivity contribution in [3.8, 4) is 5.75 Å². The van der Waals surface area contributed by atoms with Crippen molar-refractivity contribution in [2.45, 2.75) is 32.6 Å². The zero-order valence-corrected chi connectivity index (χ0v) is 10.9. The molecule has 17 heavy (non-hydrogen) atoms. The van der Waals surface area contributed by atoms with Crippen molar-refractivity contribution in [3.05, 3.63) is 29.8 Å². The van der Waals surface area contributed by atoms with Crippen LogP contribution in [0.5, 0.6) is 5.75 Å². The minimum atomic E-state index is 0.656. The molecule has 0 amide bonds. The smallest absolute Gasteiger partial charge is 0.122 e. The summed E-state index contributed by atoms with van der Waals surface area (Å²) in [6, 6.07) is 8.54. The Bertz CT molecular complexity index is 351. The maximum absolute atomic E-state index is 5.76. The minimum absolute atomic E-state index is 0.656. The lowest BCUT2D eigenvalue weighted by Crippen LogP contribution is -2.35. The summed E-state index contributed by atoms with van der Waals surface area (Å²) in [6.07, 6.45) is 2.46. The van der Waals surface area contributed by atoms with Crippen LogP contribution in [-0.4, -0.2) is 19.7 Å². The Labute approximate surface area is 104 Å². The standard InChI is InChI=1S/C15H23NO/c1-3-12-11-16-10-9-13(12)14-7-5-6-8-15(14)17-4-2/h5-8,12-13,16H,3-4,9-11H2,1-2H3. The fourth-order valence-electron chi connectivity index (χ4n) is 2.84. The average Bonchev–Trinajstić information content (AvgIpc) is 2.40. The van der Waals surface area contributed by atoms with E-state index in [9.17, 15) is 0 Å². The number of piperidine rings is 1. The van der Waals surface area contributed by atoms with Crippen LogP contribution in [0.3, 0.4) is 0 Å². The van der Waals surface area contributed by atoms with E-state index in [1.807, 2.05) is 0 Å². The molecule has 1 fully saturated rings. The molecule has 94 valence electrons. The van der Waals surface area contributed by atoms with Crippen molar-refractivity contribution in [3.63, 3.8) is 0 Å². The monoisotopic (exact) mass is 233 g/mol. The summed E-state index contributed by atoms with van der Waals surface area (Å²) < 4.78 is 5.76. The van der Waals surface area contributed by atoms with Gasteiger partial charge in [-0.25, -0.2) is 0 Å². The summed E-state index contributed by atoms with van der Waals surface area (Å²) >= 11 is 0. The van der Waals surface area contributed by atoms with Gasteiger partial charge in [-0.05, 0) is 49.9 Å². The van der Waals surface area contributed by atoms with Crippen LogP contribution in [0.25, 0.3) is 0 Å². The molecular formula is C15H23NO. The van der Waals surface area contributed by atoms with Gasteiger partial charge in [0.05, 0.1) is 6.61 Å². The normalized spacial score (nSPS) is 24.6. The molecule has 1 N–H and O–H groups in total. The summed E-state index contributed by atoms with van der Waals surface area (Å²) in [4.78, 5) is 0. The third-order valence-corrected chi connectivity index (χ3v) is 3.75. The van der Waals surface area contributed by atoms with Crippen LogP contribution in [-0.2, 0) is 0 Å². The lowest BCUT2D eigenvalue weighted by Gasteiger charge is -2.32. The molecule has 1 aliphatic rings. The molecule has 0 spiro atoms. The van der Waals surface area contributed by atoms with Gasteiger partial charge in [0, 0.05) is 0 Å². The molecular weight excluding hydrogens is 210 g/mol. The van der Waals surface area contributed by atoms with E-state index in [-0.39, 0.29) is 0 Å². The molecule has 0 saturated carbocycles. The van der Waals surface area contributed by atoms with Crippen molar-refractivity contribution >= 4 is 0 Å². The fraction of sp³-hybridized carbons (Fsp3) is 0.600. The van der Waals surface area contributed by atoms with E-state index in [1.54, 1.807) is 0 Å². The summed E-state index contributed by atoms with van der Waals surface area (Å²) in [5.74, 6) is 2.48. The Morgan fingerprint density at radius 3 is 2.88 bits per heavy atom. The Hall–Kier alpha value is -1.02. The van der Waals surface area contributed by atoms with Crippen molar-refractivity contribution < 1.29 is 4.74 Å². The Morgan fingerprint density at radius 2 is 2.12 bits per heavy atom. The number of hydrogen-bond donors (Lipinski definition) is 1. The van der Waals surface area contributed by atoms with Gasteiger partial charge >= 0.3 is 0 Å². The third kappa shape index (κ3) is 2.81. The zero-order chi connectivity index (χ0) is 12.1. The van der Waals surface area contributed by atoms with E-state index < -0.39 is 0 Å². The zero-order valence-electron chi connectivity index (χ0n) is 10.9. The van der Waals surface area contributed by atoms with Crippen LogP contribution in [0.15, 0.2) is 24.3 Å². The third-order valence-electron chi connectivity index (χ3n) is 3.75. The molecule has 2 heteroatoms. The van der Waals surface area contributed by atoms with Gasteiger partial charge < -0.3 is 10.1 Å². The van der Waals surface area contributed by atoms with Crippen LogP contribution >= 0.6 is 0 Å². The first-order valence-electron chi connectivity index (χ1n) is 6.79. The highest BCUT2D eigenvalue weighted by atomic mass is 16.5. The largest absolute Gasteiger partial charge is 0.494 e. The Morgan fingerprint density at radius 1 is 1.29 bits per heavy atom. The molecule has 1 aliphatic heterocycles. The van der Waals surface area contributed by atoms with Crippen LogP contribution in [0, 0.1) is 5.92 Å². The molecule has 1 aromatic carbocycles. The lowest BCUT2D eigenvalue weighted by atomic mass is 9.79. The molecule has 1 saturated heterocycles. The molecule has 2 atom stereocenters. The van der Waals surface area contributed by atoms with Crippen molar-refractivity contribution in [1.82, 2.24) is 5.32 Å². The van der Waals surface area contributed by atoms with Gasteiger partial charge in [-0.15, -0.1) is 0 Å². The van der Waals surface area contributed by atoms with Crippen molar-refractivity contribution in [2.24, 2.45) is 5.92 Å². The number of benzene rings is 1. The van der Waals surface area contributed by atoms with E-state index in [2.05, 4.69) is 43.4 Å². The highest BCUT2D eigenvalue weighted by Crippen LogP contribution is 2.37. The van der Waals surface area contributed by atoms with Gasteiger partial charge in [0.2, 0.25) is 0 Å². The first-order chi connectivity index (χ1) is 8.36. The molecule has 1 heterocycles. The highest BCUT2D eigenvalue weighted by molar-refractivity contribution is 5.37. The first-order valence-corrected chi connectivity index (χ1v) is 6.79. The van der Waals surface area contributed by atoms with Crippen molar-refractivity contribution in [2.75, 3.05) is 19.7 Å². The molecule has 2 nitrogen and oxygen atoms in total. The van der Waals surface area contributed by atoms with Crippen LogP contribution in [0.1, 0.15) is 38.2 Å². The molecule has 0 aliphatic carbocycles. The SMILES string of the molecule is CCOc1ccccc1C1CCNCC1CC. The van der Waals surface area contributed by atoms with Gasteiger partial charge in [-0.1, -0.05) is 31.5 Å². The first kappa shape index (κ1) is 12.4. The number of para-hydroxylation sites is 1. The second-order valence-corrected chi connectivity index (χ2v) is 4.74. The highest BCUT2D eigenvalue weighted by Gasteiger charge is 2.26. The Balaban J connectivity index is 2.24. The van der Waals surface area contributed by atoms with Crippen molar-refractivity contribution in [1.29, 1.82) is 0 Å². The second-order valence-electron chi connectivity index (χ2n) is 4.74. The van der Waals surface area contributed by atoms with Crippen LogP contribution in [0.2, 0.25) is 0 Å². The summed E-state index contributed by atoms with van der Waals surface area (Å²) in [5.41, 5.74) is 1.41. The molecule has 0 radical (unpaired) electrons. The number of ether oxygens (including phenoxy) is 1. The predicted octanol–water partition coefficient (Wildman–Crippen LogP) is 3.19. The van der Waals surface area contributed by atoms with Gasteiger partial charge in [0.25, 0.3) is 0 Å². The summed E-state index contributed by atoms with van der Waals surface area (Å²) in [6.45, 7) is 7.35. The minimum Gasteiger partial charge on any atom is -0.494 e. The van der Waals surface area contributed by atoms with E-state index in [0.29, 0.717) is 5.92 Å². The number of rotatable bonds is 4. The molecule has 0 aromatic heterocycles. The molecule has 1 aromatic rings. The van der Waals surface area contributed by atoms with E-state index in [1.165, 1.54) is 18.4 Å². The predicted molar refractivity (Wildman–Crippen MR) is 71.6 cm³/mol. The Kier molecular flexibility index (Phi) is 4.43. The number of hydrogen-bond acceptors (Lipinski definition) is 2. The lowest BCUT2D eigenvalue weighted by molar-refractivity contribution is 0.295. The number of nitrogens with one attached hydrogen (secondary N) is 1. The summed E-state index contributed by atoms with van der Waals surface area (Å²) in [7, 11) is 0. The average molecular weight is 233 g/mol. The van der Waals surface area contributed by atoms with E-state index in [0.717, 1.165) is 31.4 Å². The quantitative estimate of drug-likeness (QED) is 0.862. The summed E-state index contributed by atoms with van der Waals surface area (Å²) in [5, 5.41) is 3.50. The van der Waals surface area contributed by atoms with Gasteiger partial charge in [0.15, 0.2) is 0 Å². The van der Waals surface area contributed by atoms with Crippen LogP contribution in [0.4, 0.5) is 0 Å². The maximum atomic E-state index is 5.76. The van der Waals surface area contributed by atoms with E-state index in [4.69, 9.17) is 4.74 Å².